The summed E-state index contributed by atoms with van der Waals surface area (Å²) in [6, 6.07) is 2.22. The molecule has 4 aliphatic carbocycles. The number of aliphatic carboxylic acids is 1. The van der Waals surface area contributed by atoms with Crippen molar-refractivity contribution in [3.05, 3.63) is 28.2 Å². The summed E-state index contributed by atoms with van der Waals surface area (Å²) < 4.78 is 0. The van der Waals surface area contributed by atoms with Gasteiger partial charge in [0.25, 0.3) is 0 Å². The van der Waals surface area contributed by atoms with E-state index in [1.807, 2.05) is 12.2 Å². The highest BCUT2D eigenvalue weighted by molar-refractivity contribution is 7.16. The van der Waals surface area contributed by atoms with Gasteiger partial charge in [-0.2, -0.15) is 5.26 Å². The number of nitrogens with one attached hydrogen (secondary N) is 1. The number of amides is 1. The number of rotatable bonds is 3. The van der Waals surface area contributed by atoms with E-state index >= 15 is 0 Å². The Balaban J connectivity index is 1.62. The molecule has 0 radical (unpaired) electrons. The average molecular weight is 342 g/mol. The topological polar surface area (TPSA) is 90.2 Å². The van der Waals surface area contributed by atoms with Crippen molar-refractivity contribution < 1.29 is 14.7 Å². The number of fused-ring (bicyclic) bond motifs is 3. The normalized spacial score (nSPS) is 30.0. The van der Waals surface area contributed by atoms with Crippen molar-refractivity contribution >= 4 is 28.2 Å². The fourth-order valence-electron chi connectivity index (χ4n) is 4.49. The molecule has 2 bridgehead atoms. The van der Waals surface area contributed by atoms with Crippen LogP contribution in [0, 0.1) is 35.0 Å². The molecule has 1 aromatic rings. The molecular formula is C18H18N2O3S. The highest BCUT2D eigenvalue weighted by Gasteiger charge is 2.48. The highest BCUT2D eigenvalue weighted by atomic mass is 32.1. The maximum Gasteiger partial charge on any atom is 0.307 e. The van der Waals surface area contributed by atoms with Crippen molar-refractivity contribution in [1.29, 1.82) is 5.26 Å². The first kappa shape index (κ1) is 15.4. The molecule has 124 valence electrons. The van der Waals surface area contributed by atoms with Gasteiger partial charge in [0.2, 0.25) is 5.91 Å². The third-order valence-electron chi connectivity index (χ3n) is 5.61. The van der Waals surface area contributed by atoms with E-state index in [0.717, 1.165) is 37.7 Å². The Bertz CT molecular complexity index is 789. The summed E-state index contributed by atoms with van der Waals surface area (Å²) in [6.45, 7) is 0. The number of carboxylic acid groups (broad SMARTS) is 1. The minimum absolute atomic E-state index is 0.0200. The van der Waals surface area contributed by atoms with Crippen molar-refractivity contribution in [3.8, 4) is 6.07 Å². The Labute approximate surface area is 144 Å². The molecule has 6 heteroatoms. The lowest BCUT2D eigenvalue weighted by Crippen LogP contribution is -2.47. The second-order valence-electron chi connectivity index (χ2n) is 6.84. The lowest BCUT2D eigenvalue weighted by molar-refractivity contribution is -0.151. The third-order valence-corrected chi connectivity index (χ3v) is 6.81. The minimum atomic E-state index is -0.900. The molecule has 0 aromatic carbocycles. The molecule has 5 nitrogen and oxygen atoms in total. The number of nitriles is 1. The number of aryl methyl sites for hydroxylation is 1. The first-order chi connectivity index (χ1) is 11.6. The average Bonchev–Trinajstić information content (AvgIpc) is 3.15. The van der Waals surface area contributed by atoms with Crippen molar-refractivity contribution in [2.24, 2.45) is 23.7 Å². The van der Waals surface area contributed by atoms with Crippen LogP contribution in [0.1, 0.15) is 35.3 Å². The van der Waals surface area contributed by atoms with Gasteiger partial charge in [0.1, 0.15) is 11.1 Å². The fraction of sp³-hybridized carbons (Fsp3) is 0.500. The van der Waals surface area contributed by atoms with E-state index in [0.29, 0.717) is 10.6 Å². The van der Waals surface area contributed by atoms with E-state index in [4.69, 9.17) is 0 Å². The number of hydrogen-bond donors (Lipinski definition) is 2. The largest absolute Gasteiger partial charge is 0.481 e. The summed E-state index contributed by atoms with van der Waals surface area (Å²) in [5, 5.41) is 22.5. The Morgan fingerprint density at radius 1 is 1.21 bits per heavy atom. The third kappa shape index (κ3) is 2.27. The summed E-state index contributed by atoms with van der Waals surface area (Å²) >= 11 is 1.48. The molecule has 4 aliphatic rings. The first-order valence-corrected chi connectivity index (χ1v) is 9.18. The van der Waals surface area contributed by atoms with E-state index in [-0.39, 0.29) is 17.7 Å². The quantitative estimate of drug-likeness (QED) is 0.826. The van der Waals surface area contributed by atoms with Crippen molar-refractivity contribution in [2.75, 3.05) is 5.32 Å². The molecule has 2 N–H and O–H groups in total. The Hall–Kier alpha value is -2.13. The maximum absolute atomic E-state index is 12.9. The van der Waals surface area contributed by atoms with E-state index in [1.165, 1.54) is 16.2 Å². The molecular weight excluding hydrogens is 324 g/mol. The van der Waals surface area contributed by atoms with Crippen LogP contribution in [0.2, 0.25) is 0 Å². The van der Waals surface area contributed by atoms with Crippen LogP contribution in [0.5, 0.6) is 0 Å². The van der Waals surface area contributed by atoms with Crippen LogP contribution in [0.25, 0.3) is 0 Å². The molecule has 4 unspecified atom stereocenters. The molecule has 1 heterocycles. The van der Waals surface area contributed by atoms with Gasteiger partial charge in [0.05, 0.1) is 17.4 Å². The first-order valence-electron chi connectivity index (χ1n) is 8.36. The van der Waals surface area contributed by atoms with Gasteiger partial charge < -0.3 is 10.4 Å². The molecule has 1 fully saturated rings. The highest BCUT2D eigenvalue weighted by Crippen LogP contribution is 2.46. The molecule has 0 aliphatic heterocycles. The number of hydrogen-bond acceptors (Lipinski definition) is 4. The number of carboxylic acids is 1. The van der Waals surface area contributed by atoms with E-state index in [2.05, 4.69) is 11.4 Å². The van der Waals surface area contributed by atoms with Crippen LogP contribution in [-0.4, -0.2) is 17.0 Å². The van der Waals surface area contributed by atoms with Crippen molar-refractivity contribution in [1.82, 2.24) is 0 Å². The molecule has 5 rings (SSSR count). The zero-order valence-corrected chi connectivity index (χ0v) is 13.9. The maximum atomic E-state index is 12.9. The van der Waals surface area contributed by atoms with Crippen LogP contribution in [0.15, 0.2) is 12.2 Å². The number of thiophene rings is 1. The van der Waals surface area contributed by atoms with Crippen LogP contribution >= 0.6 is 11.3 Å². The standard InChI is InChI=1S/C18H18N2O3S/c19-8-12-11-2-1-3-13(11)24-17(12)20-16(21)14-9-4-6-10(7-5-9)15(14)18(22)23/h4,6,9-10,14-15H,1-3,5,7H2,(H,20,21)(H,22,23). The number of carbonyl (C=O) groups excluding carboxylic acids is 1. The molecule has 1 saturated carbocycles. The van der Waals surface area contributed by atoms with Crippen LogP contribution in [0.3, 0.4) is 0 Å². The van der Waals surface area contributed by atoms with Gasteiger partial charge in [-0.3, -0.25) is 9.59 Å². The van der Waals surface area contributed by atoms with Gasteiger partial charge >= 0.3 is 5.97 Å². The predicted octanol–water partition coefficient (Wildman–Crippen LogP) is 2.96. The molecule has 24 heavy (non-hydrogen) atoms. The van der Waals surface area contributed by atoms with Crippen molar-refractivity contribution in [2.45, 2.75) is 32.1 Å². The molecule has 1 amide bonds. The minimum Gasteiger partial charge on any atom is -0.481 e. The molecule has 0 saturated heterocycles. The zero-order chi connectivity index (χ0) is 16.8. The lowest BCUT2D eigenvalue weighted by Gasteiger charge is -2.41. The lowest BCUT2D eigenvalue weighted by atomic mass is 9.62. The molecule has 1 aromatic heterocycles. The number of carbonyl (C=O) groups is 2. The van der Waals surface area contributed by atoms with Gasteiger partial charge in [-0.05, 0) is 49.5 Å². The zero-order valence-electron chi connectivity index (χ0n) is 13.1. The van der Waals surface area contributed by atoms with Crippen LogP contribution in [-0.2, 0) is 22.4 Å². The summed E-state index contributed by atoms with van der Waals surface area (Å²) in [4.78, 5) is 25.7. The summed E-state index contributed by atoms with van der Waals surface area (Å²) in [5.74, 6) is -2.44. The van der Waals surface area contributed by atoms with Gasteiger partial charge in [-0.1, -0.05) is 12.2 Å². The van der Waals surface area contributed by atoms with E-state index < -0.39 is 17.8 Å². The molecule has 4 atom stereocenters. The Morgan fingerprint density at radius 2 is 1.92 bits per heavy atom. The van der Waals surface area contributed by atoms with E-state index in [9.17, 15) is 20.0 Å². The number of nitrogens with zero attached hydrogens (tertiary/aromatic N) is 1. The van der Waals surface area contributed by atoms with Gasteiger partial charge in [0, 0.05) is 4.88 Å². The molecule has 0 spiro atoms. The smallest absolute Gasteiger partial charge is 0.307 e. The van der Waals surface area contributed by atoms with Gasteiger partial charge in [-0.15, -0.1) is 11.3 Å². The number of anilines is 1. The second-order valence-corrected chi connectivity index (χ2v) is 7.95. The SMILES string of the molecule is N#Cc1c(NC(=O)C2C3C=CC(CC3)C2C(=O)O)sc2c1CCC2. The summed E-state index contributed by atoms with van der Waals surface area (Å²) in [5.41, 5.74) is 1.64. The Morgan fingerprint density at radius 3 is 2.54 bits per heavy atom. The van der Waals surface area contributed by atoms with Crippen molar-refractivity contribution in [3.63, 3.8) is 0 Å². The predicted molar refractivity (Wildman–Crippen MR) is 89.7 cm³/mol. The second kappa shape index (κ2) is 5.75. The summed E-state index contributed by atoms with van der Waals surface area (Å²) in [6.07, 6.45) is 8.54. The fourth-order valence-corrected chi connectivity index (χ4v) is 5.74. The number of allylic oxidation sites excluding steroid dienone is 2. The monoisotopic (exact) mass is 342 g/mol. The van der Waals surface area contributed by atoms with E-state index in [1.54, 1.807) is 0 Å². The summed E-state index contributed by atoms with van der Waals surface area (Å²) in [7, 11) is 0. The van der Waals surface area contributed by atoms with Crippen LogP contribution in [0.4, 0.5) is 5.00 Å². The van der Waals surface area contributed by atoms with Gasteiger partial charge in [0.15, 0.2) is 0 Å². The van der Waals surface area contributed by atoms with Crippen LogP contribution < -0.4 is 5.32 Å². The Kier molecular flexibility index (Phi) is 3.69. The van der Waals surface area contributed by atoms with Gasteiger partial charge in [-0.25, -0.2) is 0 Å².